The molecule has 1 aromatic carbocycles. The lowest BCUT2D eigenvalue weighted by molar-refractivity contribution is 0.0714. The molecule has 0 atom stereocenters. The maximum absolute atomic E-state index is 12.7. The highest BCUT2D eigenvalue weighted by Gasteiger charge is 2.28. The number of para-hydroxylation sites is 1. The molecule has 3 aromatic heterocycles. The van der Waals surface area contributed by atoms with Crippen LogP contribution in [0.5, 0.6) is 0 Å². The number of piperazine rings is 1. The molecule has 2 aliphatic rings. The number of furan rings is 1. The van der Waals surface area contributed by atoms with Gasteiger partial charge in [-0.2, -0.15) is 5.10 Å². The predicted octanol–water partition coefficient (Wildman–Crippen LogP) is 4.42. The summed E-state index contributed by atoms with van der Waals surface area (Å²) < 4.78 is 7.23. The Balaban J connectivity index is 1.34. The molecule has 2 fully saturated rings. The number of carbonyl (C=O) groups is 1. The molecule has 0 radical (unpaired) electrons. The summed E-state index contributed by atoms with van der Waals surface area (Å²) >= 11 is 0. The molecule has 0 spiro atoms. The van der Waals surface area contributed by atoms with Crippen LogP contribution in [0, 0.1) is 0 Å². The second-order valence-corrected chi connectivity index (χ2v) is 9.13. The van der Waals surface area contributed by atoms with Crippen molar-refractivity contribution in [2.24, 2.45) is 0 Å². The maximum atomic E-state index is 12.7. The zero-order chi connectivity index (χ0) is 22.9. The predicted molar refractivity (Wildman–Crippen MR) is 129 cm³/mol. The Morgan fingerprint density at radius 2 is 1.71 bits per heavy atom. The van der Waals surface area contributed by atoms with Gasteiger partial charge in [0.25, 0.3) is 5.91 Å². The third-order valence-electron chi connectivity index (χ3n) is 7.00. The molecule has 1 saturated carbocycles. The number of anilines is 1. The lowest BCUT2D eigenvalue weighted by atomic mass is 9.88. The molecule has 8 nitrogen and oxygen atoms in total. The van der Waals surface area contributed by atoms with Gasteiger partial charge >= 0.3 is 0 Å². The van der Waals surface area contributed by atoms with E-state index in [0.717, 1.165) is 41.2 Å². The summed E-state index contributed by atoms with van der Waals surface area (Å²) in [5, 5.41) is 5.65. The number of benzene rings is 1. The maximum Gasteiger partial charge on any atom is 0.289 e. The highest BCUT2D eigenvalue weighted by atomic mass is 16.3. The van der Waals surface area contributed by atoms with Gasteiger partial charge in [-0.05, 0) is 37.1 Å². The fourth-order valence-electron chi connectivity index (χ4n) is 5.13. The minimum Gasteiger partial charge on any atom is -0.459 e. The number of nitrogens with zero attached hydrogens (tertiary/aromatic N) is 6. The fraction of sp³-hybridized carbons (Fsp3) is 0.385. The molecule has 8 heteroatoms. The summed E-state index contributed by atoms with van der Waals surface area (Å²) in [4.78, 5) is 27.0. The standard InChI is InChI=1S/C26H28N6O2/c33-26(22-12-7-17-34-22)31-15-13-30(14-16-31)24-21-18-27-32(20-10-5-2-6-11-20)25(21)29-23(28-24)19-8-3-1-4-9-19/h2,5-7,10-12,17-19H,1,3-4,8-9,13-16H2. The van der Waals surface area contributed by atoms with E-state index in [1.165, 1.54) is 25.5 Å². The zero-order valence-corrected chi connectivity index (χ0v) is 19.1. The van der Waals surface area contributed by atoms with Crippen molar-refractivity contribution in [3.8, 4) is 5.69 Å². The van der Waals surface area contributed by atoms with Gasteiger partial charge in [0, 0.05) is 32.1 Å². The lowest BCUT2D eigenvalue weighted by Gasteiger charge is -2.35. The molecule has 0 unspecified atom stereocenters. The molecule has 1 amide bonds. The summed E-state index contributed by atoms with van der Waals surface area (Å²) in [5.41, 5.74) is 1.84. The monoisotopic (exact) mass is 456 g/mol. The van der Waals surface area contributed by atoms with Crippen molar-refractivity contribution in [2.45, 2.75) is 38.0 Å². The number of rotatable bonds is 4. The van der Waals surface area contributed by atoms with E-state index in [1.807, 2.05) is 46.1 Å². The van der Waals surface area contributed by atoms with E-state index in [2.05, 4.69) is 4.90 Å². The Morgan fingerprint density at radius 1 is 0.912 bits per heavy atom. The smallest absolute Gasteiger partial charge is 0.289 e. The molecule has 4 aromatic rings. The first-order valence-electron chi connectivity index (χ1n) is 12.2. The summed E-state index contributed by atoms with van der Waals surface area (Å²) in [6.45, 7) is 2.66. The first-order chi connectivity index (χ1) is 16.8. The van der Waals surface area contributed by atoms with Crippen LogP contribution in [-0.4, -0.2) is 56.7 Å². The molecule has 1 saturated heterocycles. The van der Waals surface area contributed by atoms with Crippen molar-refractivity contribution in [3.05, 3.63) is 66.5 Å². The second kappa shape index (κ2) is 8.93. The van der Waals surface area contributed by atoms with Crippen LogP contribution in [0.1, 0.15) is 54.4 Å². The number of aromatic nitrogens is 4. The van der Waals surface area contributed by atoms with Gasteiger partial charge in [-0.15, -0.1) is 0 Å². The zero-order valence-electron chi connectivity index (χ0n) is 19.1. The van der Waals surface area contributed by atoms with Crippen LogP contribution in [0.2, 0.25) is 0 Å². The van der Waals surface area contributed by atoms with Gasteiger partial charge in [0.2, 0.25) is 0 Å². The summed E-state index contributed by atoms with van der Waals surface area (Å²) in [6, 6.07) is 13.6. The molecular formula is C26H28N6O2. The molecule has 1 aliphatic heterocycles. The van der Waals surface area contributed by atoms with E-state index in [4.69, 9.17) is 19.5 Å². The Kier molecular flexibility index (Phi) is 5.49. The highest BCUT2D eigenvalue weighted by Crippen LogP contribution is 2.34. The van der Waals surface area contributed by atoms with Crippen molar-refractivity contribution >= 4 is 22.8 Å². The topological polar surface area (TPSA) is 80.3 Å². The quantitative estimate of drug-likeness (QED) is 0.452. The van der Waals surface area contributed by atoms with Crippen LogP contribution in [0.25, 0.3) is 16.7 Å². The van der Waals surface area contributed by atoms with Gasteiger partial charge < -0.3 is 14.2 Å². The normalized spacial score (nSPS) is 17.4. The Labute approximate surface area is 198 Å². The molecule has 0 bridgehead atoms. The van der Waals surface area contributed by atoms with E-state index in [-0.39, 0.29) is 5.91 Å². The summed E-state index contributed by atoms with van der Waals surface area (Å²) in [5.74, 6) is 2.57. The van der Waals surface area contributed by atoms with Crippen molar-refractivity contribution in [1.29, 1.82) is 0 Å². The molecule has 0 N–H and O–H groups in total. The molecular weight excluding hydrogens is 428 g/mol. The number of hydrogen-bond acceptors (Lipinski definition) is 6. The largest absolute Gasteiger partial charge is 0.459 e. The van der Waals surface area contributed by atoms with Gasteiger partial charge in [0.1, 0.15) is 11.6 Å². The molecule has 1 aliphatic carbocycles. The van der Waals surface area contributed by atoms with Gasteiger partial charge in [-0.3, -0.25) is 4.79 Å². The van der Waals surface area contributed by atoms with Gasteiger partial charge in [-0.1, -0.05) is 37.5 Å². The summed E-state index contributed by atoms with van der Waals surface area (Å²) in [6.07, 6.45) is 9.44. The van der Waals surface area contributed by atoms with Crippen molar-refractivity contribution < 1.29 is 9.21 Å². The van der Waals surface area contributed by atoms with Crippen molar-refractivity contribution in [2.75, 3.05) is 31.1 Å². The van der Waals surface area contributed by atoms with E-state index < -0.39 is 0 Å². The first-order valence-corrected chi connectivity index (χ1v) is 12.2. The van der Waals surface area contributed by atoms with Gasteiger partial charge in [-0.25, -0.2) is 14.6 Å². The number of hydrogen-bond donors (Lipinski definition) is 0. The van der Waals surface area contributed by atoms with Gasteiger partial charge in [0.05, 0.1) is 23.5 Å². The number of fused-ring (bicyclic) bond motifs is 1. The molecule has 174 valence electrons. The van der Waals surface area contributed by atoms with Crippen LogP contribution in [0.4, 0.5) is 5.82 Å². The van der Waals surface area contributed by atoms with Crippen LogP contribution in [-0.2, 0) is 0 Å². The SMILES string of the molecule is O=C(c1ccco1)N1CCN(c2nc(C3CCCCC3)nc3c2cnn3-c2ccccc2)CC1. The third-order valence-corrected chi connectivity index (χ3v) is 7.00. The minimum absolute atomic E-state index is 0.0581. The Hall–Kier alpha value is -3.68. The number of amides is 1. The van der Waals surface area contributed by atoms with Crippen LogP contribution < -0.4 is 4.90 Å². The number of carbonyl (C=O) groups excluding carboxylic acids is 1. The molecule has 6 rings (SSSR count). The summed E-state index contributed by atoms with van der Waals surface area (Å²) in [7, 11) is 0. The molecule has 4 heterocycles. The Bertz CT molecular complexity index is 1270. The van der Waals surface area contributed by atoms with Crippen molar-refractivity contribution in [1.82, 2.24) is 24.6 Å². The lowest BCUT2D eigenvalue weighted by Crippen LogP contribution is -2.49. The van der Waals surface area contributed by atoms with E-state index in [0.29, 0.717) is 37.9 Å². The third kappa shape index (κ3) is 3.83. The van der Waals surface area contributed by atoms with Crippen LogP contribution >= 0.6 is 0 Å². The van der Waals surface area contributed by atoms with Crippen LogP contribution in [0.3, 0.4) is 0 Å². The van der Waals surface area contributed by atoms with Gasteiger partial charge in [0.15, 0.2) is 11.4 Å². The molecule has 34 heavy (non-hydrogen) atoms. The minimum atomic E-state index is -0.0581. The second-order valence-electron chi connectivity index (χ2n) is 9.13. The van der Waals surface area contributed by atoms with E-state index >= 15 is 0 Å². The first kappa shape index (κ1) is 20.9. The van der Waals surface area contributed by atoms with Crippen molar-refractivity contribution in [3.63, 3.8) is 0 Å². The average Bonchev–Trinajstić information content (AvgIpc) is 3.59. The van der Waals surface area contributed by atoms with Crippen LogP contribution in [0.15, 0.2) is 59.3 Å². The van der Waals surface area contributed by atoms with E-state index in [1.54, 1.807) is 12.1 Å². The fourth-order valence-corrected chi connectivity index (χ4v) is 5.13. The Morgan fingerprint density at radius 3 is 2.44 bits per heavy atom. The highest BCUT2D eigenvalue weighted by molar-refractivity contribution is 5.92. The van der Waals surface area contributed by atoms with E-state index in [9.17, 15) is 4.79 Å². The average molecular weight is 457 g/mol.